The Kier molecular flexibility index (Phi) is 8.82. The second-order valence-electron chi connectivity index (χ2n) is 9.08. The van der Waals surface area contributed by atoms with Crippen LogP contribution in [0.15, 0.2) is 54.8 Å². The number of benzene rings is 1. The zero-order chi connectivity index (χ0) is 26.1. The number of nitrogens with zero attached hydrogens (tertiary/aromatic N) is 3. The lowest BCUT2D eigenvalue weighted by Gasteiger charge is -2.22. The third-order valence-corrected chi connectivity index (χ3v) is 4.91. The van der Waals surface area contributed by atoms with Crippen molar-refractivity contribution in [3.05, 3.63) is 66.0 Å². The van der Waals surface area contributed by atoms with E-state index in [9.17, 15) is 14.4 Å². The van der Waals surface area contributed by atoms with Gasteiger partial charge in [0.2, 0.25) is 0 Å². The van der Waals surface area contributed by atoms with Crippen molar-refractivity contribution in [2.24, 2.45) is 5.92 Å². The summed E-state index contributed by atoms with van der Waals surface area (Å²) in [5.41, 5.74) is 0.776. The summed E-state index contributed by atoms with van der Waals surface area (Å²) < 4.78 is 21.7. The second kappa shape index (κ2) is 12.0. The van der Waals surface area contributed by atoms with Gasteiger partial charge in [0.05, 0.1) is 19.0 Å². The van der Waals surface area contributed by atoms with E-state index in [1.54, 1.807) is 51.2 Å². The standard InChI is InChI=1S/C25H30N4O7/c1-25(2,3)36-23(31)26-21(22(30)33-4)14-18-9-11-20(12-10-18)35-24(32)34-16-29-15-19(27-28-29)13-17-7-5-6-8-17/h5-12,15,17,21H,13-14,16H2,1-4H3,(H,26,31)/t21-/m0/s1. The van der Waals surface area contributed by atoms with Crippen LogP contribution in [0.3, 0.4) is 0 Å². The first-order valence-electron chi connectivity index (χ1n) is 11.4. The molecule has 1 N–H and O–H groups in total. The number of nitrogens with one attached hydrogen (secondary N) is 1. The van der Waals surface area contributed by atoms with Gasteiger partial charge in [0.15, 0.2) is 6.73 Å². The first-order chi connectivity index (χ1) is 17.1. The number of carbonyl (C=O) groups is 3. The summed E-state index contributed by atoms with van der Waals surface area (Å²) in [7, 11) is 1.24. The van der Waals surface area contributed by atoms with Crippen LogP contribution in [0, 0.1) is 5.92 Å². The molecule has 1 heterocycles. The average Bonchev–Trinajstić information content (AvgIpc) is 3.49. The van der Waals surface area contributed by atoms with E-state index in [4.69, 9.17) is 18.9 Å². The number of esters is 1. The molecule has 36 heavy (non-hydrogen) atoms. The van der Waals surface area contributed by atoms with Crippen LogP contribution < -0.4 is 10.1 Å². The first-order valence-corrected chi connectivity index (χ1v) is 11.4. The Morgan fingerprint density at radius 3 is 2.44 bits per heavy atom. The van der Waals surface area contributed by atoms with Gasteiger partial charge in [-0.1, -0.05) is 41.7 Å². The molecular formula is C25H30N4O7. The van der Waals surface area contributed by atoms with Crippen molar-refractivity contribution < 1.29 is 33.3 Å². The number of methoxy groups -OCH3 is 1. The van der Waals surface area contributed by atoms with Gasteiger partial charge in [-0.2, -0.15) is 0 Å². The van der Waals surface area contributed by atoms with Crippen LogP contribution in [0.1, 0.15) is 32.0 Å². The number of aromatic nitrogens is 3. The van der Waals surface area contributed by atoms with Crippen molar-refractivity contribution >= 4 is 18.2 Å². The highest BCUT2D eigenvalue weighted by Crippen LogP contribution is 2.16. The van der Waals surface area contributed by atoms with Crippen molar-refractivity contribution in [2.45, 2.75) is 52.0 Å². The highest BCUT2D eigenvalue weighted by Gasteiger charge is 2.25. The fourth-order valence-corrected chi connectivity index (χ4v) is 3.31. The van der Waals surface area contributed by atoms with E-state index in [-0.39, 0.29) is 18.9 Å². The number of allylic oxidation sites excluding steroid dienone is 4. The second-order valence-corrected chi connectivity index (χ2v) is 9.08. The van der Waals surface area contributed by atoms with Crippen LogP contribution in [0.25, 0.3) is 0 Å². The molecular weight excluding hydrogens is 468 g/mol. The molecule has 1 aliphatic rings. The molecule has 1 amide bonds. The fourth-order valence-electron chi connectivity index (χ4n) is 3.31. The maximum absolute atomic E-state index is 12.1. The molecule has 0 bridgehead atoms. The molecule has 0 aliphatic heterocycles. The number of alkyl carbamates (subject to hydrolysis) is 1. The predicted molar refractivity (Wildman–Crippen MR) is 128 cm³/mol. The maximum Gasteiger partial charge on any atom is 0.515 e. The molecule has 1 atom stereocenters. The van der Waals surface area contributed by atoms with Gasteiger partial charge in [-0.25, -0.2) is 19.1 Å². The molecule has 0 unspecified atom stereocenters. The van der Waals surface area contributed by atoms with Crippen LogP contribution in [0.5, 0.6) is 5.75 Å². The smallest absolute Gasteiger partial charge is 0.467 e. The number of ether oxygens (including phenoxy) is 4. The molecule has 1 aromatic heterocycles. The summed E-state index contributed by atoms with van der Waals surface area (Å²) in [4.78, 5) is 36.2. The topological polar surface area (TPSA) is 131 Å². The normalized spacial score (nSPS) is 13.8. The molecule has 2 aromatic rings. The largest absolute Gasteiger partial charge is 0.515 e. The van der Waals surface area contributed by atoms with Gasteiger partial charge < -0.3 is 24.3 Å². The van der Waals surface area contributed by atoms with Crippen LogP contribution in [-0.2, 0) is 38.6 Å². The van der Waals surface area contributed by atoms with E-state index < -0.39 is 29.9 Å². The molecule has 0 saturated heterocycles. The van der Waals surface area contributed by atoms with Crippen molar-refractivity contribution in [3.63, 3.8) is 0 Å². The van der Waals surface area contributed by atoms with Gasteiger partial charge in [-0.05, 0) is 38.5 Å². The zero-order valence-corrected chi connectivity index (χ0v) is 20.7. The molecule has 0 saturated carbocycles. The highest BCUT2D eigenvalue weighted by atomic mass is 16.7. The molecule has 11 heteroatoms. The molecule has 0 spiro atoms. The molecule has 0 radical (unpaired) electrons. The van der Waals surface area contributed by atoms with Crippen LogP contribution in [0.2, 0.25) is 0 Å². The van der Waals surface area contributed by atoms with Gasteiger partial charge in [-0.15, -0.1) is 5.10 Å². The van der Waals surface area contributed by atoms with E-state index in [0.29, 0.717) is 17.9 Å². The Hall–Kier alpha value is -4.15. The quantitative estimate of drug-likeness (QED) is 0.314. The molecule has 1 aromatic carbocycles. The Morgan fingerprint density at radius 2 is 1.81 bits per heavy atom. The third kappa shape index (κ3) is 8.57. The minimum atomic E-state index is -0.949. The van der Waals surface area contributed by atoms with Crippen molar-refractivity contribution in [1.82, 2.24) is 20.3 Å². The summed E-state index contributed by atoms with van der Waals surface area (Å²) in [5.74, 6) is -0.0743. The minimum absolute atomic E-state index is 0.141. The highest BCUT2D eigenvalue weighted by molar-refractivity contribution is 5.81. The van der Waals surface area contributed by atoms with Gasteiger partial charge >= 0.3 is 18.2 Å². The lowest BCUT2D eigenvalue weighted by molar-refractivity contribution is -0.143. The number of rotatable bonds is 9. The van der Waals surface area contributed by atoms with Gasteiger partial charge in [0, 0.05) is 18.8 Å². The number of carbonyl (C=O) groups excluding carboxylic acids is 3. The molecule has 1 aliphatic carbocycles. The van der Waals surface area contributed by atoms with Gasteiger partial charge in [0.25, 0.3) is 0 Å². The summed E-state index contributed by atoms with van der Waals surface area (Å²) in [6.45, 7) is 5.02. The maximum atomic E-state index is 12.1. The van der Waals surface area contributed by atoms with Crippen LogP contribution in [-0.4, -0.2) is 52.0 Å². The zero-order valence-electron chi connectivity index (χ0n) is 20.7. The monoisotopic (exact) mass is 498 g/mol. The molecule has 0 fully saturated rings. The summed E-state index contributed by atoms with van der Waals surface area (Å²) in [6, 6.07) is 5.47. The first kappa shape index (κ1) is 26.5. The Balaban J connectivity index is 1.47. The van der Waals surface area contributed by atoms with E-state index >= 15 is 0 Å². The van der Waals surface area contributed by atoms with Gasteiger partial charge in [0.1, 0.15) is 17.4 Å². The van der Waals surface area contributed by atoms with Crippen molar-refractivity contribution in [3.8, 4) is 5.75 Å². The fraction of sp³-hybridized carbons (Fsp3) is 0.400. The molecule has 192 valence electrons. The van der Waals surface area contributed by atoms with Crippen molar-refractivity contribution in [2.75, 3.05) is 7.11 Å². The lowest BCUT2D eigenvalue weighted by Crippen LogP contribution is -2.45. The number of amides is 1. The van der Waals surface area contributed by atoms with E-state index in [0.717, 1.165) is 5.69 Å². The third-order valence-electron chi connectivity index (χ3n) is 4.91. The molecule has 11 nitrogen and oxygen atoms in total. The summed E-state index contributed by atoms with van der Waals surface area (Å²) >= 11 is 0. The predicted octanol–water partition coefficient (Wildman–Crippen LogP) is 3.34. The summed E-state index contributed by atoms with van der Waals surface area (Å²) in [5, 5.41) is 10.5. The Morgan fingerprint density at radius 1 is 1.11 bits per heavy atom. The average molecular weight is 499 g/mol. The minimum Gasteiger partial charge on any atom is -0.467 e. The van der Waals surface area contributed by atoms with Crippen molar-refractivity contribution in [1.29, 1.82) is 0 Å². The Bertz CT molecular complexity index is 1100. The number of hydrogen-bond donors (Lipinski definition) is 1. The van der Waals surface area contributed by atoms with E-state index in [2.05, 4.69) is 27.8 Å². The summed E-state index contributed by atoms with van der Waals surface area (Å²) in [6.07, 6.45) is 9.07. The van der Waals surface area contributed by atoms with Gasteiger partial charge in [-0.3, -0.25) is 0 Å². The van der Waals surface area contributed by atoms with Crippen LogP contribution in [0.4, 0.5) is 9.59 Å². The Labute approximate surface area is 209 Å². The lowest BCUT2D eigenvalue weighted by atomic mass is 10.1. The van der Waals surface area contributed by atoms with Crippen LogP contribution >= 0.6 is 0 Å². The molecule has 3 rings (SSSR count). The van der Waals surface area contributed by atoms with E-state index in [1.807, 2.05) is 12.2 Å². The SMILES string of the molecule is COC(=O)[C@H](Cc1ccc(OC(=O)OCn2cc(CC3C=CC=C3)nn2)cc1)NC(=O)OC(C)(C)C. The van der Waals surface area contributed by atoms with E-state index in [1.165, 1.54) is 11.8 Å². The number of hydrogen-bond acceptors (Lipinski definition) is 9.